The second-order valence-corrected chi connectivity index (χ2v) is 5.54. The molecule has 0 unspecified atom stereocenters. The number of hydrogen-bond acceptors (Lipinski definition) is 1. The standard InChI is InChI=1S/C14H12BrN/c1-14(2)9-5-3-7-11(15)12(9)13-10(14)6-4-8-16-13/h3-8H,1-2H3. The van der Waals surface area contributed by atoms with Crippen LogP contribution in [0.4, 0.5) is 0 Å². The van der Waals surface area contributed by atoms with E-state index in [-0.39, 0.29) is 5.41 Å². The Kier molecular flexibility index (Phi) is 1.99. The fraction of sp³-hybridized carbons (Fsp3) is 0.214. The molecule has 0 saturated carbocycles. The van der Waals surface area contributed by atoms with Crippen molar-refractivity contribution in [1.82, 2.24) is 4.98 Å². The minimum Gasteiger partial charge on any atom is -0.256 e. The van der Waals surface area contributed by atoms with Gasteiger partial charge in [-0.15, -0.1) is 0 Å². The molecule has 0 radical (unpaired) electrons. The lowest BCUT2D eigenvalue weighted by atomic mass is 9.83. The maximum Gasteiger partial charge on any atom is 0.0757 e. The van der Waals surface area contributed by atoms with Crippen molar-refractivity contribution < 1.29 is 0 Å². The second-order valence-electron chi connectivity index (χ2n) is 4.69. The summed E-state index contributed by atoms with van der Waals surface area (Å²) in [6.45, 7) is 4.51. The van der Waals surface area contributed by atoms with Crippen molar-refractivity contribution in [3.8, 4) is 11.3 Å². The minimum absolute atomic E-state index is 0.0582. The number of nitrogens with zero attached hydrogens (tertiary/aromatic N) is 1. The largest absolute Gasteiger partial charge is 0.256 e. The van der Waals surface area contributed by atoms with Crippen LogP contribution in [0, 0.1) is 0 Å². The number of rotatable bonds is 0. The Bertz CT molecular complexity index is 573. The SMILES string of the molecule is CC1(C)c2cccnc2-c2c(Br)cccc21. The molecule has 1 aromatic carbocycles. The fourth-order valence-corrected chi connectivity index (χ4v) is 3.09. The van der Waals surface area contributed by atoms with Crippen molar-refractivity contribution in [2.24, 2.45) is 0 Å². The first-order valence-electron chi connectivity index (χ1n) is 5.37. The van der Waals surface area contributed by atoms with E-state index in [1.807, 2.05) is 12.3 Å². The van der Waals surface area contributed by atoms with Crippen LogP contribution < -0.4 is 0 Å². The van der Waals surface area contributed by atoms with Crippen LogP contribution in [-0.2, 0) is 5.41 Å². The number of benzene rings is 1. The lowest BCUT2D eigenvalue weighted by Gasteiger charge is -2.20. The van der Waals surface area contributed by atoms with Crippen LogP contribution in [0.25, 0.3) is 11.3 Å². The lowest BCUT2D eigenvalue weighted by Crippen LogP contribution is -2.14. The van der Waals surface area contributed by atoms with Crippen LogP contribution in [0.2, 0.25) is 0 Å². The van der Waals surface area contributed by atoms with Crippen LogP contribution in [-0.4, -0.2) is 4.98 Å². The van der Waals surface area contributed by atoms with E-state index < -0.39 is 0 Å². The van der Waals surface area contributed by atoms with Crippen LogP contribution >= 0.6 is 15.9 Å². The van der Waals surface area contributed by atoms with Gasteiger partial charge in [0, 0.05) is 21.6 Å². The molecule has 16 heavy (non-hydrogen) atoms. The monoisotopic (exact) mass is 273 g/mol. The van der Waals surface area contributed by atoms with E-state index in [4.69, 9.17) is 0 Å². The van der Waals surface area contributed by atoms with Gasteiger partial charge in [-0.05, 0) is 23.3 Å². The molecule has 0 spiro atoms. The number of halogens is 1. The van der Waals surface area contributed by atoms with Crippen molar-refractivity contribution in [1.29, 1.82) is 0 Å². The Balaban J connectivity index is 2.45. The Morgan fingerprint density at radius 1 is 1.06 bits per heavy atom. The van der Waals surface area contributed by atoms with Gasteiger partial charge in [-0.25, -0.2) is 0 Å². The molecule has 0 aliphatic heterocycles. The highest BCUT2D eigenvalue weighted by molar-refractivity contribution is 9.10. The van der Waals surface area contributed by atoms with Gasteiger partial charge in [-0.3, -0.25) is 4.98 Å². The number of hydrogen-bond donors (Lipinski definition) is 0. The van der Waals surface area contributed by atoms with Crippen molar-refractivity contribution in [2.45, 2.75) is 19.3 Å². The van der Waals surface area contributed by atoms with E-state index in [0.29, 0.717) is 0 Å². The molecule has 3 rings (SSSR count). The predicted octanol–water partition coefficient (Wildman–Crippen LogP) is 4.15. The van der Waals surface area contributed by atoms with Gasteiger partial charge < -0.3 is 0 Å². The maximum absolute atomic E-state index is 4.53. The summed E-state index contributed by atoms with van der Waals surface area (Å²) in [6.07, 6.45) is 1.86. The Labute approximate surface area is 104 Å². The van der Waals surface area contributed by atoms with Gasteiger partial charge in [-0.1, -0.05) is 48.0 Å². The normalized spacial score (nSPS) is 15.7. The molecule has 2 aromatic rings. The number of pyridine rings is 1. The second kappa shape index (κ2) is 3.17. The average Bonchev–Trinajstić information content (AvgIpc) is 2.51. The molecular weight excluding hydrogens is 262 g/mol. The van der Waals surface area contributed by atoms with Crippen molar-refractivity contribution in [2.75, 3.05) is 0 Å². The van der Waals surface area contributed by atoms with E-state index in [1.165, 1.54) is 16.7 Å². The highest BCUT2D eigenvalue weighted by Gasteiger charge is 2.36. The first-order chi connectivity index (χ1) is 7.62. The molecule has 1 aliphatic rings. The Morgan fingerprint density at radius 2 is 1.81 bits per heavy atom. The van der Waals surface area contributed by atoms with Gasteiger partial charge in [0.1, 0.15) is 0 Å². The zero-order valence-electron chi connectivity index (χ0n) is 9.29. The Hall–Kier alpha value is -1.15. The van der Waals surface area contributed by atoms with Crippen LogP contribution in [0.1, 0.15) is 25.0 Å². The quantitative estimate of drug-likeness (QED) is 0.703. The van der Waals surface area contributed by atoms with Gasteiger partial charge in [0.2, 0.25) is 0 Å². The average molecular weight is 274 g/mol. The number of aromatic nitrogens is 1. The summed E-state index contributed by atoms with van der Waals surface area (Å²) in [4.78, 5) is 4.53. The molecule has 0 bridgehead atoms. The lowest BCUT2D eigenvalue weighted by molar-refractivity contribution is 0.659. The molecule has 0 atom stereocenters. The summed E-state index contributed by atoms with van der Waals surface area (Å²) in [5, 5.41) is 0. The molecule has 80 valence electrons. The summed E-state index contributed by atoms with van der Waals surface area (Å²) in [6, 6.07) is 10.6. The zero-order chi connectivity index (χ0) is 11.3. The van der Waals surface area contributed by atoms with Crippen molar-refractivity contribution in [3.63, 3.8) is 0 Å². The smallest absolute Gasteiger partial charge is 0.0757 e. The minimum atomic E-state index is 0.0582. The van der Waals surface area contributed by atoms with E-state index in [9.17, 15) is 0 Å². The fourth-order valence-electron chi connectivity index (χ4n) is 2.54. The molecule has 1 nitrogen and oxygen atoms in total. The van der Waals surface area contributed by atoms with Gasteiger partial charge in [0.05, 0.1) is 5.69 Å². The van der Waals surface area contributed by atoms with Crippen molar-refractivity contribution in [3.05, 3.63) is 52.1 Å². The maximum atomic E-state index is 4.53. The molecule has 1 aromatic heterocycles. The zero-order valence-corrected chi connectivity index (χ0v) is 10.9. The number of fused-ring (bicyclic) bond motifs is 3. The highest BCUT2D eigenvalue weighted by Crippen LogP contribution is 2.49. The summed E-state index contributed by atoms with van der Waals surface area (Å²) in [7, 11) is 0. The van der Waals surface area contributed by atoms with Gasteiger partial charge >= 0.3 is 0 Å². The summed E-state index contributed by atoms with van der Waals surface area (Å²) < 4.78 is 1.13. The molecule has 0 saturated heterocycles. The highest BCUT2D eigenvalue weighted by atomic mass is 79.9. The first kappa shape index (κ1) is 10.0. The molecule has 1 aliphatic carbocycles. The molecule has 0 amide bonds. The summed E-state index contributed by atoms with van der Waals surface area (Å²) >= 11 is 3.63. The van der Waals surface area contributed by atoms with Gasteiger partial charge in [0.15, 0.2) is 0 Å². The van der Waals surface area contributed by atoms with Crippen LogP contribution in [0.15, 0.2) is 41.0 Å². The third-order valence-electron chi connectivity index (χ3n) is 3.40. The van der Waals surface area contributed by atoms with Crippen LogP contribution in [0.3, 0.4) is 0 Å². The third kappa shape index (κ3) is 1.14. The van der Waals surface area contributed by atoms with E-state index >= 15 is 0 Å². The van der Waals surface area contributed by atoms with Crippen molar-refractivity contribution >= 4 is 15.9 Å². The van der Waals surface area contributed by atoms with E-state index in [2.05, 4.69) is 59.0 Å². The predicted molar refractivity (Wildman–Crippen MR) is 69.5 cm³/mol. The molecule has 0 N–H and O–H groups in total. The Morgan fingerprint density at radius 3 is 2.62 bits per heavy atom. The first-order valence-corrected chi connectivity index (χ1v) is 6.16. The molecular formula is C14H12BrN. The van der Waals surface area contributed by atoms with Gasteiger partial charge in [-0.2, -0.15) is 0 Å². The summed E-state index contributed by atoms with van der Waals surface area (Å²) in [5.41, 5.74) is 5.11. The topological polar surface area (TPSA) is 12.9 Å². The summed E-state index contributed by atoms with van der Waals surface area (Å²) in [5.74, 6) is 0. The molecule has 1 heterocycles. The van der Waals surface area contributed by atoms with Crippen LogP contribution in [0.5, 0.6) is 0 Å². The van der Waals surface area contributed by atoms with Gasteiger partial charge in [0.25, 0.3) is 0 Å². The van der Waals surface area contributed by atoms with E-state index in [0.717, 1.165) is 10.2 Å². The molecule has 2 heteroatoms. The molecule has 0 fully saturated rings. The van der Waals surface area contributed by atoms with E-state index in [1.54, 1.807) is 0 Å². The third-order valence-corrected chi connectivity index (χ3v) is 4.07.